The van der Waals surface area contributed by atoms with Crippen molar-refractivity contribution in [1.82, 2.24) is 4.98 Å². The van der Waals surface area contributed by atoms with Crippen LogP contribution in [0.15, 0.2) is 42.5 Å². The highest BCUT2D eigenvalue weighted by Crippen LogP contribution is 2.32. The minimum Gasteiger partial charge on any atom is -0.332 e. The number of carbonyl (C=O) groups is 2. The van der Waals surface area contributed by atoms with E-state index < -0.39 is 0 Å². The number of aromatic nitrogens is 1. The van der Waals surface area contributed by atoms with Gasteiger partial charge in [0.15, 0.2) is 6.04 Å². The summed E-state index contributed by atoms with van der Waals surface area (Å²) in [5, 5.41) is 0.956. The van der Waals surface area contributed by atoms with Gasteiger partial charge in [0.25, 0.3) is 5.91 Å². The summed E-state index contributed by atoms with van der Waals surface area (Å²) in [4.78, 5) is 35.6. The Bertz CT molecular complexity index is 1240. The Hall–Kier alpha value is -2.61. The quantitative estimate of drug-likeness (QED) is 0.551. The molecule has 6 rings (SSSR count). The number of nitrogens with zero attached hydrogens (tertiary/aromatic N) is 2. The summed E-state index contributed by atoms with van der Waals surface area (Å²) in [6.45, 7) is 6.70. The van der Waals surface area contributed by atoms with Crippen LogP contribution in [0.2, 0.25) is 0 Å². The fraction of sp³-hybridized carbons (Fsp3) is 0.464. The van der Waals surface area contributed by atoms with Gasteiger partial charge in [-0.3, -0.25) is 9.59 Å². The molecule has 3 aliphatic rings. The molecule has 3 aliphatic heterocycles. The van der Waals surface area contributed by atoms with Gasteiger partial charge >= 0.3 is 0 Å². The van der Waals surface area contributed by atoms with Gasteiger partial charge in [-0.25, -0.2) is 9.88 Å². The van der Waals surface area contributed by atoms with Crippen LogP contribution in [0.5, 0.6) is 0 Å². The zero-order valence-electron chi connectivity index (χ0n) is 20.4. The molecule has 35 heavy (non-hydrogen) atoms. The average Bonchev–Trinajstić information content (AvgIpc) is 3.44. The number of fused-ring (bicyclic) bond motifs is 1. The van der Waals surface area contributed by atoms with Crippen molar-refractivity contribution in [3.05, 3.63) is 48.0 Å². The second-order valence-electron chi connectivity index (χ2n) is 10.5. The van der Waals surface area contributed by atoms with Crippen LogP contribution >= 0.6 is 11.3 Å². The standard InChI is InChI=1S/C28H32N4O2S/c1-19-5-10-23-25(17-19)35-27(29-23)20-6-8-22(9-7-20)32-26(33)18-24(28(32)34)31-15-11-21(12-16-31)30-13-3-2-4-14-30/h5-10,17,21,24H,2-4,11-16,18H2,1H3/p+2/t24-/m1/s1. The molecule has 4 heterocycles. The van der Waals surface area contributed by atoms with Crippen LogP contribution in [-0.4, -0.2) is 55.1 Å². The maximum atomic E-state index is 13.4. The van der Waals surface area contributed by atoms with E-state index in [1.54, 1.807) is 16.2 Å². The summed E-state index contributed by atoms with van der Waals surface area (Å²) in [7, 11) is 0. The number of quaternary nitrogens is 2. The number of amides is 2. The predicted molar refractivity (Wildman–Crippen MR) is 139 cm³/mol. The lowest BCUT2D eigenvalue weighted by atomic mass is 9.98. The van der Waals surface area contributed by atoms with E-state index in [1.807, 2.05) is 24.3 Å². The van der Waals surface area contributed by atoms with Gasteiger partial charge in [0.05, 0.1) is 54.5 Å². The molecule has 3 saturated heterocycles. The fourth-order valence-electron chi connectivity index (χ4n) is 6.29. The van der Waals surface area contributed by atoms with Crippen molar-refractivity contribution in [2.24, 2.45) is 0 Å². The number of nitrogens with one attached hydrogen (secondary N) is 2. The van der Waals surface area contributed by atoms with Crippen LogP contribution in [0.3, 0.4) is 0 Å². The third-order valence-corrected chi connectivity index (χ3v) is 9.32. The maximum absolute atomic E-state index is 13.4. The Morgan fingerprint density at radius 2 is 1.66 bits per heavy atom. The van der Waals surface area contributed by atoms with Gasteiger partial charge in [-0.1, -0.05) is 6.07 Å². The van der Waals surface area contributed by atoms with Crippen molar-refractivity contribution in [2.45, 2.75) is 57.5 Å². The Balaban J connectivity index is 1.13. The molecule has 1 atom stereocenters. The van der Waals surface area contributed by atoms with Crippen molar-refractivity contribution in [3.8, 4) is 10.6 Å². The Labute approximate surface area is 210 Å². The van der Waals surface area contributed by atoms with Crippen molar-refractivity contribution in [1.29, 1.82) is 0 Å². The molecule has 0 bridgehead atoms. The molecule has 3 fully saturated rings. The Morgan fingerprint density at radius 3 is 2.40 bits per heavy atom. The van der Waals surface area contributed by atoms with Crippen LogP contribution in [0.4, 0.5) is 5.69 Å². The molecule has 2 N–H and O–H groups in total. The van der Waals surface area contributed by atoms with Gasteiger partial charge in [-0.15, -0.1) is 11.3 Å². The zero-order valence-corrected chi connectivity index (χ0v) is 21.2. The van der Waals surface area contributed by atoms with Crippen molar-refractivity contribution >= 4 is 39.1 Å². The van der Waals surface area contributed by atoms with E-state index in [4.69, 9.17) is 4.98 Å². The lowest BCUT2D eigenvalue weighted by Gasteiger charge is -2.37. The van der Waals surface area contributed by atoms with E-state index in [1.165, 1.54) is 65.3 Å². The SMILES string of the molecule is Cc1ccc2nc(-c3ccc(N4C(=O)C[C@@H]([NH+]5CCC([NH+]6CCCCC6)CC5)C4=O)cc3)sc2c1. The number of likely N-dealkylation sites (tertiary alicyclic amines) is 2. The van der Waals surface area contributed by atoms with Crippen molar-refractivity contribution in [3.63, 3.8) is 0 Å². The molecular formula is C28H34N4O2S+2. The maximum Gasteiger partial charge on any atom is 0.292 e. The molecule has 0 radical (unpaired) electrons. The predicted octanol–water partition coefficient (Wildman–Crippen LogP) is 2.02. The fourth-order valence-corrected chi connectivity index (χ4v) is 7.36. The number of hydrogen-bond donors (Lipinski definition) is 2. The molecule has 0 saturated carbocycles. The zero-order chi connectivity index (χ0) is 23.9. The number of carbonyl (C=O) groups excluding carboxylic acids is 2. The first-order valence-corrected chi connectivity index (χ1v) is 13.9. The summed E-state index contributed by atoms with van der Waals surface area (Å²) < 4.78 is 1.17. The summed E-state index contributed by atoms with van der Waals surface area (Å²) in [5.74, 6) is -0.100. The monoisotopic (exact) mass is 490 g/mol. The minimum atomic E-state index is -0.230. The first-order valence-electron chi connectivity index (χ1n) is 13.1. The van der Waals surface area contributed by atoms with Gasteiger partial charge in [-0.2, -0.15) is 0 Å². The third kappa shape index (κ3) is 4.41. The average molecular weight is 491 g/mol. The number of benzene rings is 2. The molecule has 0 unspecified atom stereocenters. The van der Waals surface area contributed by atoms with Crippen LogP contribution in [0.25, 0.3) is 20.8 Å². The number of thiazole rings is 1. The van der Waals surface area contributed by atoms with Crippen molar-refractivity contribution < 1.29 is 19.4 Å². The number of aryl methyl sites for hydroxylation is 1. The molecular weight excluding hydrogens is 456 g/mol. The highest BCUT2D eigenvalue weighted by Gasteiger charge is 2.47. The van der Waals surface area contributed by atoms with E-state index >= 15 is 0 Å². The van der Waals surface area contributed by atoms with E-state index in [2.05, 4.69) is 25.1 Å². The molecule has 3 aromatic rings. The second kappa shape index (κ2) is 9.45. The topological polar surface area (TPSA) is 59.1 Å². The molecule has 182 valence electrons. The molecule has 0 aliphatic carbocycles. The van der Waals surface area contributed by atoms with Crippen LogP contribution < -0.4 is 14.7 Å². The van der Waals surface area contributed by atoms with Gasteiger partial charge in [0.1, 0.15) is 5.01 Å². The lowest BCUT2D eigenvalue weighted by Crippen LogP contribution is -3.22. The molecule has 2 aromatic carbocycles. The molecule has 7 heteroatoms. The van der Waals surface area contributed by atoms with Gasteiger partial charge in [0, 0.05) is 18.4 Å². The summed E-state index contributed by atoms with van der Waals surface area (Å²) in [6.07, 6.45) is 6.74. The van der Waals surface area contributed by atoms with E-state index in [-0.39, 0.29) is 17.9 Å². The van der Waals surface area contributed by atoms with E-state index in [0.29, 0.717) is 12.1 Å². The smallest absolute Gasteiger partial charge is 0.292 e. The number of hydrogen-bond acceptors (Lipinski definition) is 4. The number of anilines is 1. The number of imide groups is 1. The molecule has 2 amide bonds. The summed E-state index contributed by atoms with van der Waals surface area (Å²) in [6, 6.07) is 14.5. The van der Waals surface area contributed by atoms with E-state index in [9.17, 15) is 9.59 Å². The molecule has 6 nitrogen and oxygen atoms in total. The third-order valence-electron chi connectivity index (χ3n) is 8.26. The normalized spacial score (nSPS) is 26.1. The van der Waals surface area contributed by atoms with Gasteiger partial charge < -0.3 is 9.80 Å². The Morgan fingerprint density at radius 1 is 0.914 bits per heavy atom. The number of piperidine rings is 2. The highest BCUT2D eigenvalue weighted by molar-refractivity contribution is 7.21. The minimum absolute atomic E-state index is 0.0306. The van der Waals surface area contributed by atoms with Crippen LogP contribution in [0.1, 0.15) is 44.1 Å². The van der Waals surface area contributed by atoms with Crippen LogP contribution in [-0.2, 0) is 9.59 Å². The first-order chi connectivity index (χ1) is 17.1. The molecule has 1 aromatic heterocycles. The van der Waals surface area contributed by atoms with Gasteiger partial charge in [-0.05, 0) is 68.1 Å². The highest BCUT2D eigenvalue weighted by atomic mass is 32.1. The molecule has 0 spiro atoms. The lowest BCUT2D eigenvalue weighted by molar-refractivity contribution is -0.965. The summed E-state index contributed by atoms with van der Waals surface area (Å²) in [5.41, 5.74) is 3.91. The second-order valence-corrected chi connectivity index (χ2v) is 11.5. The summed E-state index contributed by atoms with van der Waals surface area (Å²) >= 11 is 1.67. The Kier molecular flexibility index (Phi) is 6.16. The first kappa shape index (κ1) is 22.8. The van der Waals surface area contributed by atoms with E-state index in [0.717, 1.165) is 35.2 Å². The van der Waals surface area contributed by atoms with Crippen LogP contribution in [0, 0.1) is 6.92 Å². The number of rotatable bonds is 4. The van der Waals surface area contributed by atoms with Crippen molar-refractivity contribution in [2.75, 3.05) is 31.1 Å². The largest absolute Gasteiger partial charge is 0.332 e. The van der Waals surface area contributed by atoms with Gasteiger partial charge in [0.2, 0.25) is 5.91 Å².